The lowest BCUT2D eigenvalue weighted by atomic mass is 10.1. The maximum Gasteiger partial charge on any atom is 0.364 e. The van der Waals surface area contributed by atoms with Crippen LogP contribution < -0.4 is 0 Å². The van der Waals surface area contributed by atoms with Crippen molar-refractivity contribution < 1.29 is 4.92 Å². The van der Waals surface area contributed by atoms with Gasteiger partial charge in [0.25, 0.3) is 0 Å². The third-order valence-electron chi connectivity index (χ3n) is 2.11. The summed E-state index contributed by atoms with van der Waals surface area (Å²) in [4.78, 5) is 13.6. The molecule has 0 aliphatic carbocycles. The van der Waals surface area contributed by atoms with Gasteiger partial charge in [-0.25, -0.2) is 0 Å². The first kappa shape index (κ1) is 10.6. The average Bonchev–Trinajstić information content (AvgIpc) is 2.30. The maximum absolute atomic E-state index is 10.5. The lowest BCUT2D eigenvalue weighted by molar-refractivity contribution is -0.389. The van der Waals surface area contributed by atoms with E-state index >= 15 is 0 Å². The molecular formula is C11H7ClN2O2. The van der Waals surface area contributed by atoms with Crippen LogP contribution in [0.1, 0.15) is 0 Å². The average molecular weight is 235 g/mol. The summed E-state index contributed by atoms with van der Waals surface area (Å²) in [6, 6.07) is 10.6. The van der Waals surface area contributed by atoms with Gasteiger partial charge in [-0.2, -0.15) is 0 Å². The Bertz CT molecular complexity index is 529. The van der Waals surface area contributed by atoms with Gasteiger partial charge in [0.2, 0.25) is 0 Å². The minimum absolute atomic E-state index is 0.246. The number of hydrogen-bond acceptors (Lipinski definition) is 3. The van der Waals surface area contributed by atoms with E-state index in [2.05, 4.69) is 4.98 Å². The molecule has 0 amide bonds. The van der Waals surface area contributed by atoms with Crippen LogP contribution in [-0.4, -0.2) is 9.91 Å². The predicted octanol–water partition coefficient (Wildman–Crippen LogP) is 3.31. The van der Waals surface area contributed by atoms with E-state index in [-0.39, 0.29) is 5.82 Å². The van der Waals surface area contributed by atoms with Crippen molar-refractivity contribution in [3.05, 3.63) is 57.7 Å². The minimum atomic E-state index is -0.569. The van der Waals surface area contributed by atoms with E-state index in [0.717, 1.165) is 5.56 Å². The highest BCUT2D eigenvalue weighted by molar-refractivity contribution is 6.33. The second kappa shape index (κ2) is 4.28. The Morgan fingerprint density at radius 2 is 1.94 bits per heavy atom. The fourth-order valence-electron chi connectivity index (χ4n) is 1.35. The van der Waals surface area contributed by atoms with Crippen molar-refractivity contribution in [1.29, 1.82) is 0 Å². The fourth-order valence-corrected chi connectivity index (χ4v) is 1.61. The standard InChI is InChI=1S/C11H7ClN2O2/c12-10-6-11(14(15)16)13-7-9(10)8-4-2-1-3-5-8/h1-7H. The third kappa shape index (κ3) is 2.01. The summed E-state index contributed by atoms with van der Waals surface area (Å²) in [5, 5.41) is 10.8. The van der Waals surface area contributed by atoms with Crippen LogP contribution in [0.3, 0.4) is 0 Å². The summed E-state index contributed by atoms with van der Waals surface area (Å²) in [6.45, 7) is 0. The molecule has 0 atom stereocenters. The van der Waals surface area contributed by atoms with Crippen LogP contribution in [0.5, 0.6) is 0 Å². The molecule has 0 unspecified atom stereocenters. The highest BCUT2D eigenvalue weighted by Gasteiger charge is 2.12. The summed E-state index contributed by atoms with van der Waals surface area (Å²) >= 11 is 5.96. The van der Waals surface area contributed by atoms with E-state index in [0.29, 0.717) is 10.6 Å². The Labute approximate surface area is 96.7 Å². The van der Waals surface area contributed by atoms with Crippen molar-refractivity contribution in [2.75, 3.05) is 0 Å². The van der Waals surface area contributed by atoms with E-state index < -0.39 is 4.92 Å². The lowest BCUT2D eigenvalue weighted by Gasteiger charge is -2.01. The molecule has 0 saturated heterocycles. The van der Waals surface area contributed by atoms with Gasteiger partial charge in [0.05, 0.1) is 11.1 Å². The molecule has 80 valence electrons. The molecule has 0 bridgehead atoms. The number of benzene rings is 1. The quantitative estimate of drug-likeness (QED) is 0.592. The number of pyridine rings is 1. The lowest BCUT2D eigenvalue weighted by Crippen LogP contribution is -1.92. The van der Waals surface area contributed by atoms with Crippen LogP contribution >= 0.6 is 11.6 Å². The van der Waals surface area contributed by atoms with Gasteiger partial charge in [-0.05, 0) is 15.5 Å². The Morgan fingerprint density at radius 1 is 1.25 bits per heavy atom. The zero-order chi connectivity index (χ0) is 11.5. The van der Waals surface area contributed by atoms with Gasteiger partial charge in [-0.1, -0.05) is 41.9 Å². The SMILES string of the molecule is O=[N+]([O-])c1cc(Cl)c(-c2ccccc2)cn1. The van der Waals surface area contributed by atoms with E-state index in [1.807, 2.05) is 30.3 Å². The summed E-state index contributed by atoms with van der Waals surface area (Å²) in [5.41, 5.74) is 1.57. The second-order valence-corrected chi connectivity index (χ2v) is 3.55. The van der Waals surface area contributed by atoms with Gasteiger partial charge in [0, 0.05) is 5.56 Å². The first-order valence-electron chi connectivity index (χ1n) is 4.54. The summed E-state index contributed by atoms with van der Waals surface area (Å²) in [6.07, 6.45) is 1.41. The first-order valence-corrected chi connectivity index (χ1v) is 4.91. The van der Waals surface area contributed by atoms with Crippen LogP contribution in [-0.2, 0) is 0 Å². The van der Waals surface area contributed by atoms with E-state index in [1.54, 1.807) is 0 Å². The van der Waals surface area contributed by atoms with Gasteiger partial charge in [-0.15, -0.1) is 0 Å². The molecule has 0 aliphatic rings. The molecule has 0 fully saturated rings. The van der Waals surface area contributed by atoms with Crippen LogP contribution in [0.25, 0.3) is 11.1 Å². The van der Waals surface area contributed by atoms with Gasteiger partial charge >= 0.3 is 5.82 Å². The van der Waals surface area contributed by atoms with E-state index in [9.17, 15) is 10.1 Å². The third-order valence-corrected chi connectivity index (χ3v) is 2.42. The van der Waals surface area contributed by atoms with Crippen molar-refractivity contribution in [3.8, 4) is 11.1 Å². The monoisotopic (exact) mass is 234 g/mol. The van der Waals surface area contributed by atoms with Gasteiger partial charge in [0.1, 0.15) is 6.20 Å². The number of aromatic nitrogens is 1. The van der Waals surface area contributed by atoms with Crippen LogP contribution in [0.15, 0.2) is 42.6 Å². The molecular weight excluding hydrogens is 228 g/mol. The molecule has 2 aromatic rings. The first-order chi connectivity index (χ1) is 7.68. The van der Waals surface area contributed by atoms with Gasteiger partial charge in [-0.3, -0.25) is 0 Å². The molecule has 1 heterocycles. The van der Waals surface area contributed by atoms with Crippen LogP contribution in [0.4, 0.5) is 5.82 Å². The summed E-state index contributed by atoms with van der Waals surface area (Å²) < 4.78 is 0. The highest BCUT2D eigenvalue weighted by atomic mass is 35.5. The van der Waals surface area contributed by atoms with Crippen LogP contribution in [0, 0.1) is 10.1 Å². The Hall–Kier alpha value is -1.94. The molecule has 0 radical (unpaired) electrons. The Balaban J connectivity index is 2.48. The zero-order valence-corrected chi connectivity index (χ0v) is 8.89. The van der Waals surface area contributed by atoms with Gasteiger partial charge in [0.15, 0.2) is 0 Å². The van der Waals surface area contributed by atoms with E-state index in [1.165, 1.54) is 12.3 Å². The molecule has 1 aromatic carbocycles. The van der Waals surface area contributed by atoms with Gasteiger partial charge < -0.3 is 10.1 Å². The molecule has 5 heteroatoms. The molecule has 0 spiro atoms. The number of nitro groups is 1. The molecule has 0 saturated carbocycles. The zero-order valence-electron chi connectivity index (χ0n) is 8.13. The van der Waals surface area contributed by atoms with Crippen molar-refractivity contribution in [2.45, 2.75) is 0 Å². The van der Waals surface area contributed by atoms with Crippen molar-refractivity contribution in [3.63, 3.8) is 0 Å². The smallest absolute Gasteiger partial charge is 0.358 e. The minimum Gasteiger partial charge on any atom is -0.358 e. The molecule has 0 aliphatic heterocycles. The van der Waals surface area contributed by atoms with Crippen molar-refractivity contribution in [1.82, 2.24) is 4.98 Å². The largest absolute Gasteiger partial charge is 0.364 e. The molecule has 0 N–H and O–H groups in total. The van der Waals surface area contributed by atoms with Crippen LogP contribution in [0.2, 0.25) is 5.02 Å². The van der Waals surface area contributed by atoms with Crippen molar-refractivity contribution >= 4 is 17.4 Å². The normalized spacial score (nSPS) is 10.1. The highest BCUT2D eigenvalue weighted by Crippen LogP contribution is 2.28. The summed E-state index contributed by atoms with van der Waals surface area (Å²) in [5.74, 6) is -0.246. The van der Waals surface area contributed by atoms with Crippen molar-refractivity contribution in [2.24, 2.45) is 0 Å². The van der Waals surface area contributed by atoms with E-state index in [4.69, 9.17) is 11.6 Å². The number of halogens is 1. The summed E-state index contributed by atoms with van der Waals surface area (Å²) in [7, 11) is 0. The topological polar surface area (TPSA) is 56.0 Å². The number of hydrogen-bond donors (Lipinski definition) is 0. The molecule has 16 heavy (non-hydrogen) atoms. The predicted molar refractivity (Wildman–Crippen MR) is 61.3 cm³/mol. The fraction of sp³-hybridized carbons (Fsp3) is 0. The molecule has 2 rings (SSSR count). The maximum atomic E-state index is 10.5. The molecule has 1 aromatic heterocycles. The Kier molecular flexibility index (Phi) is 2.83. The Morgan fingerprint density at radius 3 is 2.50 bits per heavy atom. The number of nitrogens with zero attached hydrogens (tertiary/aromatic N) is 2. The number of rotatable bonds is 2. The molecule has 4 nitrogen and oxygen atoms in total. The second-order valence-electron chi connectivity index (χ2n) is 3.15.